The fourth-order valence-electron chi connectivity index (χ4n) is 2.98. The van der Waals surface area contributed by atoms with Crippen LogP contribution in [0.4, 0.5) is 11.4 Å². The van der Waals surface area contributed by atoms with E-state index in [1.165, 1.54) is 29.5 Å². The van der Waals surface area contributed by atoms with Crippen LogP contribution in [0, 0.1) is 10.1 Å². The second-order valence-electron chi connectivity index (χ2n) is 6.29. The lowest BCUT2D eigenvalue weighted by atomic mass is 10.0. The standard InChI is InChI=1S/C19H20N4O4S/c24-18(12-22-11-3-5-14-4-1-2-6-17(14)22)20-21-19(25)13-28-16-9-7-15(8-10-16)23(26)27/h1-2,4,6-10H,3,5,11-13H2,(H,20,24)(H,21,25). The molecule has 0 fully saturated rings. The van der Waals surface area contributed by atoms with Crippen molar-refractivity contribution in [2.24, 2.45) is 0 Å². The van der Waals surface area contributed by atoms with E-state index in [4.69, 9.17) is 0 Å². The lowest BCUT2D eigenvalue weighted by molar-refractivity contribution is -0.384. The van der Waals surface area contributed by atoms with Crippen molar-refractivity contribution in [2.45, 2.75) is 17.7 Å². The van der Waals surface area contributed by atoms with E-state index in [0.717, 1.165) is 30.0 Å². The highest BCUT2D eigenvalue weighted by atomic mass is 32.2. The Morgan fingerprint density at radius 2 is 1.79 bits per heavy atom. The molecule has 2 amide bonds. The van der Waals surface area contributed by atoms with Gasteiger partial charge in [-0.15, -0.1) is 11.8 Å². The minimum Gasteiger partial charge on any atom is -0.362 e. The fourth-order valence-corrected chi connectivity index (χ4v) is 3.68. The van der Waals surface area contributed by atoms with Crippen LogP contribution in [0.25, 0.3) is 0 Å². The number of hydrogen-bond donors (Lipinski definition) is 2. The molecule has 1 aliphatic heterocycles. The number of nitrogens with zero attached hydrogens (tertiary/aromatic N) is 2. The number of benzene rings is 2. The molecule has 8 nitrogen and oxygen atoms in total. The number of para-hydroxylation sites is 1. The summed E-state index contributed by atoms with van der Waals surface area (Å²) in [6.07, 6.45) is 1.99. The van der Waals surface area contributed by atoms with Crippen LogP contribution in [0.5, 0.6) is 0 Å². The summed E-state index contributed by atoms with van der Waals surface area (Å²) in [5, 5.41) is 10.6. The molecule has 0 radical (unpaired) electrons. The number of amides is 2. The fraction of sp³-hybridized carbons (Fsp3) is 0.263. The van der Waals surface area contributed by atoms with E-state index in [-0.39, 0.29) is 29.8 Å². The maximum Gasteiger partial charge on any atom is 0.269 e. The Morgan fingerprint density at radius 1 is 1.07 bits per heavy atom. The van der Waals surface area contributed by atoms with Crippen molar-refractivity contribution in [3.63, 3.8) is 0 Å². The molecule has 9 heteroatoms. The van der Waals surface area contributed by atoms with E-state index < -0.39 is 4.92 Å². The monoisotopic (exact) mass is 400 g/mol. The Bertz CT molecular complexity index is 872. The number of hydrazine groups is 1. The Morgan fingerprint density at radius 3 is 2.54 bits per heavy atom. The Hall–Kier alpha value is -3.07. The number of fused-ring (bicyclic) bond motifs is 1. The number of thioether (sulfide) groups is 1. The third-order valence-electron chi connectivity index (χ3n) is 4.30. The number of carbonyl (C=O) groups excluding carboxylic acids is 2. The summed E-state index contributed by atoms with van der Waals surface area (Å²) >= 11 is 1.23. The second kappa shape index (κ2) is 9.23. The van der Waals surface area contributed by atoms with E-state index in [0.29, 0.717) is 0 Å². The number of nitrogens with one attached hydrogen (secondary N) is 2. The molecular formula is C19H20N4O4S. The van der Waals surface area contributed by atoms with Gasteiger partial charge in [0, 0.05) is 29.3 Å². The third kappa shape index (κ3) is 5.23. The average molecular weight is 400 g/mol. The molecule has 1 aliphatic rings. The first-order valence-corrected chi connectivity index (χ1v) is 9.79. The molecule has 0 aromatic heterocycles. The van der Waals surface area contributed by atoms with Gasteiger partial charge in [-0.25, -0.2) is 0 Å². The Kier molecular flexibility index (Phi) is 6.49. The van der Waals surface area contributed by atoms with Crippen molar-refractivity contribution in [1.29, 1.82) is 0 Å². The largest absolute Gasteiger partial charge is 0.362 e. The zero-order valence-electron chi connectivity index (χ0n) is 15.1. The molecule has 1 heterocycles. The number of anilines is 1. The Balaban J connectivity index is 1.42. The first-order valence-electron chi connectivity index (χ1n) is 8.81. The molecule has 0 saturated carbocycles. The molecule has 146 valence electrons. The van der Waals surface area contributed by atoms with Gasteiger partial charge < -0.3 is 4.90 Å². The Labute approximate surface area is 166 Å². The van der Waals surface area contributed by atoms with Crippen molar-refractivity contribution >= 4 is 35.0 Å². The van der Waals surface area contributed by atoms with Crippen LogP contribution in [-0.4, -0.2) is 35.6 Å². The molecule has 0 bridgehead atoms. The molecule has 0 unspecified atom stereocenters. The van der Waals surface area contributed by atoms with E-state index >= 15 is 0 Å². The molecule has 0 saturated heterocycles. The molecule has 3 rings (SSSR count). The van der Waals surface area contributed by atoms with Gasteiger partial charge in [0.25, 0.3) is 11.6 Å². The highest BCUT2D eigenvalue weighted by molar-refractivity contribution is 8.00. The van der Waals surface area contributed by atoms with Crippen molar-refractivity contribution < 1.29 is 14.5 Å². The van der Waals surface area contributed by atoms with Crippen molar-refractivity contribution in [3.8, 4) is 0 Å². The summed E-state index contributed by atoms with van der Waals surface area (Å²) in [6.45, 7) is 0.973. The average Bonchev–Trinajstić information content (AvgIpc) is 2.71. The van der Waals surface area contributed by atoms with Crippen LogP contribution >= 0.6 is 11.8 Å². The van der Waals surface area contributed by atoms with Crippen molar-refractivity contribution in [3.05, 3.63) is 64.2 Å². The second-order valence-corrected chi connectivity index (χ2v) is 7.34. The van der Waals surface area contributed by atoms with Gasteiger partial charge in [-0.1, -0.05) is 18.2 Å². The number of nitro groups is 1. The molecule has 28 heavy (non-hydrogen) atoms. The molecule has 0 aliphatic carbocycles. The highest BCUT2D eigenvalue weighted by Gasteiger charge is 2.18. The molecule has 2 N–H and O–H groups in total. The predicted octanol–water partition coefficient (Wildman–Crippen LogP) is 2.29. The molecule has 0 spiro atoms. The summed E-state index contributed by atoms with van der Waals surface area (Å²) in [7, 11) is 0. The molecular weight excluding hydrogens is 380 g/mol. The van der Waals surface area contributed by atoms with E-state index in [1.54, 1.807) is 12.1 Å². The quantitative estimate of drug-likeness (QED) is 0.438. The predicted molar refractivity (Wildman–Crippen MR) is 107 cm³/mol. The molecule has 2 aromatic carbocycles. The van der Waals surface area contributed by atoms with Crippen LogP contribution in [-0.2, 0) is 16.0 Å². The van der Waals surface area contributed by atoms with Gasteiger partial charge in [0.05, 0.1) is 17.2 Å². The lowest BCUT2D eigenvalue weighted by Crippen LogP contribution is -2.47. The minimum absolute atomic E-state index is 0.000325. The summed E-state index contributed by atoms with van der Waals surface area (Å²) in [4.78, 5) is 37.0. The number of non-ortho nitro benzene ring substituents is 1. The van der Waals surface area contributed by atoms with Crippen LogP contribution in [0.3, 0.4) is 0 Å². The molecule has 0 atom stereocenters. The first-order chi connectivity index (χ1) is 13.5. The van der Waals surface area contributed by atoms with Gasteiger partial charge in [0.2, 0.25) is 5.91 Å². The van der Waals surface area contributed by atoms with Crippen LogP contribution in [0.15, 0.2) is 53.4 Å². The van der Waals surface area contributed by atoms with Crippen LogP contribution in [0.2, 0.25) is 0 Å². The van der Waals surface area contributed by atoms with Gasteiger partial charge in [-0.3, -0.25) is 30.6 Å². The van der Waals surface area contributed by atoms with Gasteiger partial charge in [-0.2, -0.15) is 0 Å². The maximum absolute atomic E-state index is 12.2. The summed E-state index contributed by atoms with van der Waals surface area (Å²) in [5.41, 5.74) is 7.13. The number of rotatable bonds is 6. The highest BCUT2D eigenvalue weighted by Crippen LogP contribution is 2.26. The van der Waals surface area contributed by atoms with Crippen LogP contribution in [0.1, 0.15) is 12.0 Å². The zero-order valence-corrected chi connectivity index (χ0v) is 15.9. The lowest BCUT2D eigenvalue weighted by Gasteiger charge is -2.30. The number of hydrogen-bond acceptors (Lipinski definition) is 6. The maximum atomic E-state index is 12.2. The number of nitro benzene ring substituents is 1. The zero-order chi connectivity index (χ0) is 19.9. The first kappa shape index (κ1) is 19.7. The van der Waals surface area contributed by atoms with E-state index in [2.05, 4.69) is 16.9 Å². The normalized spacial score (nSPS) is 12.8. The van der Waals surface area contributed by atoms with Crippen molar-refractivity contribution in [2.75, 3.05) is 23.7 Å². The van der Waals surface area contributed by atoms with Gasteiger partial charge in [0.15, 0.2) is 0 Å². The van der Waals surface area contributed by atoms with Gasteiger partial charge >= 0.3 is 0 Å². The smallest absolute Gasteiger partial charge is 0.269 e. The SMILES string of the molecule is O=C(CSc1ccc([N+](=O)[O-])cc1)NNC(=O)CN1CCCc2ccccc21. The minimum atomic E-state index is -0.475. The number of carbonyl (C=O) groups is 2. The summed E-state index contributed by atoms with van der Waals surface area (Å²) in [5.74, 6) is -0.550. The number of aryl methyl sites for hydroxylation is 1. The summed E-state index contributed by atoms with van der Waals surface area (Å²) < 4.78 is 0. The van der Waals surface area contributed by atoms with Gasteiger partial charge in [0.1, 0.15) is 0 Å². The van der Waals surface area contributed by atoms with Gasteiger partial charge in [-0.05, 0) is 36.6 Å². The van der Waals surface area contributed by atoms with Crippen molar-refractivity contribution in [1.82, 2.24) is 10.9 Å². The summed E-state index contributed by atoms with van der Waals surface area (Å²) in [6, 6.07) is 14.0. The molecule has 2 aromatic rings. The van der Waals surface area contributed by atoms with E-state index in [1.807, 2.05) is 23.1 Å². The third-order valence-corrected chi connectivity index (χ3v) is 5.31. The van der Waals surface area contributed by atoms with E-state index in [9.17, 15) is 19.7 Å². The topological polar surface area (TPSA) is 105 Å². The van der Waals surface area contributed by atoms with Crippen LogP contribution < -0.4 is 15.8 Å².